The topological polar surface area (TPSA) is 12.5 Å². The standard InChI is InChI=1S/C9H10FNOS/c1-11(9(10)13)7-3-5-8(12-2)6-4-7/h3-6H,1-2H3. The van der Waals surface area contributed by atoms with Crippen molar-refractivity contribution in [3.05, 3.63) is 24.3 Å². The number of thiocarbonyl (C=S) groups is 1. The van der Waals surface area contributed by atoms with Gasteiger partial charge >= 0.3 is 0 Å². The fourth-order valence-electron chi connectivity index (χ4n) is 0.907. The van der Waals surface area contributed by atoms with Crippen LogP contribution in [0.4, 0.5) is 10.1 Å². The number of hydrogen-bond donors (Lipinski definition) is 0. The Bertz CT molecular complexity index is 299. The first-order chi connectivity index (χ1) is 6.15. The van der Waals surface area contributed by atoms with Gasteiger partial charge in [0.2, 0.25) is 0 Å². The summed E-state index contributed by atoms with van der Waals surface area (Å²) in [6, 6.07) is 6.99. The summed E-state index contributed by atoms with van der Waals surface area (Å²) in [5.74, 6) is 0.738. The molecule has 0 fully saturated rings. The monoisotopic (exact) mass is 199 g/mol. The van der Waals surface area contributed by atoms with Gasteiger partial charge in [0, 0.05) is 12.7 Å². The summed E-state index contributed by atoms with van der Waals surface area (Å²) < 4.78 is 17.6. The number of methoxy groups -OCH3 is 1. The van der Waals surface area contributed by atoms with Crippen LogP contribution in [0.3, 0.4) is 0 Å². The van der Waals surface area contributed by atoms with Gasteiger partial charge in [0.25, 0.3) is 5.24 Å². The number of benzene rings is 1. The molecule has 0 bridgehead atoms. The Morgan fingerprint density at radius 3 is 2.31 bits per heavy atom. The molecule has 13 heavy (non-hydrogen) atoms. The van der Waals surface area contributed by atoms with Crippen LogP contribution in [-0.4, -0.2) is 19.4 Å². The van der Waals surface area contributed by atoms with E-state index in [1.54, 1.807) is 38.4 Å². The van der Waals surface area contributed by atoms with Crippen LogP contribution in [0.5, 0.6) is 5.75 Å². The summed E-state index contributed by atoms with van der Waals surface area (Å²) in [5, 5.41) is -0.648. The molecule has 4 heteroatoms. The molecule has 0 aliphatic rings. The van der Waals surface area contributed by atoms with Crippen molar-refractivity contribution in [2.45, 2.75) is 0 Å². The molecular weight excluding hydrogens is 189 g/mol. The molecule has 0 amide bonds. The van der Waals surface area contributed by atoms with Gasteiger partial charge in [-0.25, -0.2) is 0 Å². The second-order valence-corrected chi connectivity index (χ2v) is 2.85. The molecule has 2 nitrogen and oxygen atoms in total. The fourth-order valence-corrected chi connectivity index (χ4v) is 1.01. The van der Waals surface area contributed by atoms with E-state index in [-0.39, 0.29) is 0 Å². The molecule has 1 aromatic rings. The Morgan fingerprint density at radius 2 is 1.92 bits per heavy atom. The molecule has 0 atom stereocenters. The van der Waals surface area contributed by atoms with E-state index in [0.29, 0.717) is 5.69 Å². The van der Waals surface area contributed by atoms with E-state index in [2.05, 4.69) is 12.2 Å². The van der Waals surface area contributed by atoms with Crippen molar-refractivity contribution >= 4 is 23.1 Å². The molecule has 0 aromatic heterocycles. The zero-order valence-corrected chi connectivity index (χ0v) is 8.27. The average molecular weight is 199 g/mol. The normalized spacial score (nSPS) is 9.46. The molecule has 0 saturated carbocycles. The minimum Gasteiger partial charge on any atom is -0.497 e. The van der Waals surface area contributed by atoms with Crippen LogP contribution in [0.25, 0.3) is 0 Å². The fraction of sp³-hybridized carbons (Fsp3) is 0.222. The van der Waals surface area contributed by atoms with E-state index >= 15 is 0 Å². The van der Waals surface area contributed by atoms with Gasteiger partial charge in [-0.15, -0.1) is 0 Å². The van der Waals surface area contributed by atoms with Crippen LogP contribution in [0.1, 0.15) is 0 Å². The third kappa shape index (κ3) is 2.39. The molecule has 0 N–H and O–H groups in total. The van der Waals surface area contributed by atoms with E-state index in [0.717, 1.165) is 5.75 Å². The van der Waals surface area contributed by atoms with Gasteiger partial charge in [0.15, 0.2) is 0 Å². The predicted octanol–water partition coefficient (Wildman–Crippen LogP) is 2.39. The summed E-state index contributed by atoms with van der Waals surface area (Å²) in [5.41, 5.74) is 0.702. The molecule has 0 heterocycles. The van der Waals surface area contributed by atoms with Gasteiger partial charge in [-0.2, -0.15) is 4.39 Å². The van der Waals surface area contributed by atoms with Crippen LogP contribution in [-0.2, 0) is 0 Å². The van der Waals surface area contributed by atoms with Crippen LogP contribution in [0.2, 0.25) is 0 Å². The Kier molecular flexibility index (Phi) is 3.19. The van der Waals surface area contributed by atoms with Gasteiger partial charge in [0.1, 0.15) is 5.75 Å². The molecule has 1 rings (SSSR count). The van der Waals surface area contributed by atoms with E-state index in [1.807, 2.05) is 0 Å². The van der Waals surface area contributed by atoms with Crippen molar-refractivity contribution < 1.29 is 9.13 Å². The number of ether oxygens (including phenoxy) is 1. The lowest BCUT2D eigenvalue weighted by molar-refractivity contribution is 0.415. The number of halogens is 1. The van der Waals surface area contributed by atoms with E-state index < -0.39 is 5.24 Å². The van der Waals surface area contributed by atoms with Crippen LogP contribution >= 0.6 is 12.2 Å². The second kappa shape index (κ2) is 4.18. The predicted molar refractivity (Wildman–Crippen MR) is 55.1 cm³/mol. The van der Waals surface area contributed by atoms with Crippen LogP contribution in [0.15, 0.2) is 24.3 Å². The number of hydrogen-bond acceptors (Lipinski definition) is 2. The minimum atomic E-state index is -0.648. The van der Waals surface area contributed by atoms with Gasteiger partial charge in [-0.1, -0.05) is 0 Å². The number of nitrogens with zero attached hydrogens (tertiary/aromatic N) is 1. The summed E-state index contributed by atoms with van der Waals surface area (Å²) in [6.45, 7) is 0. The van der Waals surface area contributed by atoms with E-state index in [9.17, 15) is 4.39 Å². The third-order valence-corrected chi connectivity index (χ3v) is 2.00. The van der Waals surface area contributed by atoms with Crippen molar-refractivity contribution in [2.24, 2.45) is 0 Å². The molecular formula is C9H10FNOS. The van der Waals surface area contributed by atoms with Crippen molar-refractivity contribution in [1.29, 1.82) is 0 Å². The van der Waals surface area contributed by atoms with Crippen molar-refractivity contribution in [2.75, 3.05) is 19.1 Å². The Hall–Kier alpha value is -1.16. The third-order valence-electron chi connectivity index (χ3n) is 1.72. The maximum atomic E-state index is 12.6. The summed E-state index contributed by atoms with van der Waals surface area (Å²) in [7, 11) is 3.16. The highest BCUT2D eigenvalue weighted by atomic mass is 32.1. The van der Waals surface area contributed by atoms with Gasteiger partial charge in [-0.3, -0.25) is 0 Å². The maximum Gasteiger partial charge on any atom is 0.259 e. The average Bonchev–Trinajstić information content (AvgIpc) is 2.17. The summed E-state index contributed by atoms with van der Waals surface area (Å²) in [6.07, 6.45) is 0. The van der Waals surface area contributed by atoms with Crippen LogP contribution in [0, 0.1) is 0 Å². The smallest absolute Gasteiger partial charge is 0.259 e. The summed E-state index contributed by atoms with van der Waals surface area (Å²) >= 11 is 4.39. The zero-order chi connectivity index (χ0) is 9.84. The van der Waals surface area contributed by atoms with Gasteiger partial charge in [-0.05, 0) is 36.5 Å². The Labute approximate surface area is 81.9 Å². The lowest BCUT2D eigenvalue weighted by atomic mass is 10.3. The van der Waals surface area contributed by atoms with Crippen molar-refractivity contribution in [3.63, 3.8) is 0 Å². The quantitative estimate of drug-likeness (QED) is 0.412. The van der Waals surface area contributed by atoms with E-state index in [4.69, 9.17) is 4.74 Å². The Balaban J connectivity index is 2.85. The highest BCUT2D eigenvalue weighted by Crippen LogP contribution is 2.18. The van der Waals surface area contributed by atoms with E-state index in [1.165, 1.54) is 4.90 Å². The lowest BCUT2D eigenvalue weighted by Crippen LogP contribution is -2.19. The minimum absolute atomic E-state index is 0.648. The molecule has 0 unspecified atom stereocenters. The second-order valence-electron chi connectivity index (χ2n) is 2.51. The molecule has 0 spiro atoms. The van der Waals surface area contributed by atoms with Gasteiger partial charge in [0.05, 0.1) is 7.11 Å². The molecule has 0 saturated heterocycles. The highest BCUT2D eigenvalue weighted by Gasteiger charge is 2.04. The summed E-state index contributed by atoms with van der Waals surface area (Å²) in [4.78, 5) is 1.29. The molecule has 70 valence electrons. The molecule has 0 aliphatic heterocycles. The molecule has 1 aromatic carbocycles. The largest absolute Gasteiger partial charge is 0.497 e. The Morgan fingerprint density at radius 1 is 1.38 bits per heavy atom. The van der Waals surface area contributed by atoms with Crippen LogP contribution < -0.4 is 9.64 Å². The highest BCUT2D eigenvalue weighted by molar-refractivity contribution is 7.80. The first-order valence-corrected chi connectivity index (χ1v) is 4.13. The number of anilines is 1. The first-order valence-electron chi connectivity index (χ1n) is 3.72. The maximum absolute atomic E-state index is 12.6. The molecule has 0 aliphatic carbocycles. The van der Waals surface area contributed by atoms with Crippen molar-refractivity contribution in [3.8, 4) is 5.75 Å². The lowest BCUT2D eigenvalue weighted by Gasteiger charge is -2.14. The first kappa shape index (κ1) is 9.92. The van der Waals surface area contributed by atoms with Gasteiger partial charge < -0.3 is 9.64 Å². The molecule has 0 radical (unpaired) electrons. The van der Waals surface area contributed by atoms with Crippen molar-refractivity contribution in [1.82, 2.24) is 0 Å². The zero-order valence-electron chi connectivity index (χ0n) is 7.45. The SMILES string of the molecule is COc1ccc(N(C)C(F)=S)cc1. The number of rotatable bonds is 2.